The summed E-state index contributed by atoms with van der Waals surface area (Å²) in [5.41, 5.74) is -1.24. The molecular formula is C13H7F3NO3-. The van der Waals surface area contributed by atoms with Gasteiger partial charge in [-0.15, -0.1) is 0 Å². The van der Waals surface area contributed by atoms with Crippen LogP contribution in [0.4, 0.5) is 13.2 Å². The van der Waals surface area contributed by atoms with Gasteiger partial charge in [0.25, 0.3) is 0 Å². The average molecular weight is 282 g/mol. The van der Waals surface area contributed by atoms with Crippen LogP contribution in [0, 0.1) is 0 Å². The van der Waals surface area contributed by atoms with Crippen LogP contribution >= 0.6 is 0 Å². The third-order valence-electron chi connectivity index (χ3n) is 2.37. The first-order valence-electron chi connectivity index (χ1n) is 5.39. The van der Waals surface area contributed by atoms with Gasteiger partial charge in [0.05, 0.1) is 17.1 Å². The minimum absolute atomic E-state index is 0.166. The Labute approximate surface area is 111 Å². The van der Waals surface area contributed by atoms with Gasteiger partial charge >= 0.3 is 6.18 Å². The average Bonchev–Trinajstić information content (AvgIpc) is 2.38. The SMILES string of the molecule is O=C([O-])c1cccnc1Oc1cccc(C(F)(F)F)c1. The van der Waals surface area contributed by atoms with Crippen molar-refractivity contribution in [1.29, 1.82) is 0 Å². The molecule has 0 unspecified atom stereocenters. The monoisotopic (exact) mass is 282 g/mol. The van der Waals surface area contributed by atoms with Gasteiger partial charge in [-0.05, 0) is 30.3 Å². The zero-order valence-corrected chi connectivity index (χ0v) is 9.85. The van der Waals surface area contributed by atoms with Crippen molar-refractivity contribution in [2.45, 2.75) is 6.18 Å². The lowest BCUT2D eigenvalue weighted by atomic mass is 10.2. The van der Waals surface area contributed by atoms with E-state index in [0.29, 0.717) is 0 Å². The number of rotatable bonds is 3. The normalized spacial score (nSPS) is 11.2. The highest BCUT2D eigenvalue weighted by Gasteiger charge is 2.30. The molecule has 1 heterocycles. The fraction of sp³-hybridized carbons (Fsp3) is 0.0769. The summed E-state index contributed by atoms with van der Waals surface area (Å²) < 4.78 is 42.7. The van der Waals surface area contributed by atoms with E-state index in [1.165, 1.54) is 24.4 Å². The Bertz CT molecular complexity index is 641. The number of alkyl halides is 3. The van der Waals surface area contributed by atoms with Crippen LogP contribution in [0.5, 0.6) is 11.6 Å². The van der Waals surface area contributed by atoms with Crippen molar-refractivity contribution in [3.05, 3.63) is 53.7 Å². The first kappa shape index (κ1) is 13.9. The lowest BCUT2D eigenvalue weighted by molar-refractivity contribution is -0.255. The maximum absolute atomic E-state index is 12.5. The minimum atomic E-state index is -4.51. The molecule has 7 heteroatoms. The van der Waals surface area contributed by atoms with E-state index >= 15 is 0 Å². The van der Waals surface area contributed by atoms with Gasteiger partial charge in [-0.2, -0.15) is 13.2 Å². The number of hydrogen-bond acceptors (Lipinski definition) is 4. The van der Waals surface area contributed by atoms with Crippen molar-refractivity contribution in [2.24, 2.45) is 0 Å². The maximum Gasteiger partial charge on any atom is 0.416 e. The number of carboxylic acid groups (broad SMARTS) is 1. The lowest BCUT2D eigenvalue weighted by Crippen LogP contribution is -2.23. The van der Waals surface area contributed by atoms with Gasteiger partial charge in [-0.1, -0.05) is 6.07 Å². The molecule has 2 rings (SSSR count). The van der Waals surface area contributed by atoms with Crippen LogP contribution < -0.4 is 9.84 Å². The molecule has 2 aromatic rings. The third kappa shape index (κ3) is 3.05. The summed E-state index contributed by atoms with van der Waals surface area (Å²) >= 11 is 0. The fourth-order valence-corrected chi connectivity index (χ4v) is 1.48. The molecule has 0 fully saturated rings. The molecular weight excluding hydrogens is 275 g/mol. The minimum Gasteiger partial charge on any atom is -0.545 e. The Morgan fingerprint density at radius 2 is 1.95 bits per heavy atom. The molecule has 4 nitrogen and oxygen atoms in total. The van der Waals surface area contributed by atoms with Crippen molar-refractivity contribution in [3.63, 3.8) is 0 Å². The van der Waals surface area contributed by atoms with Crippen LogP contribution in [0.3, 0.4) is 0 Å². The number of benzene rings is 1. The number of carbonyl (C=O) groups is 1. The zero-order chi connectivity index (χ0) is 14.8. The Kier molecular flexibility index (Phi) is 3.60. The van der Waals surface area contributed by atoms with Crippen LogP contribution in [0.2, 0.25) is 0 Å². The first-order chi connectivity index (χ1) is 9.38. The first-order valence-corrected chi connectivity index (χ1v) is 5.39. The molecule has 0 spiro atoms. The van der Waals surface area contributed by atoms with Crippen molar-refractivity contribution in [1.82, 2.24) is 4.98 Å². The number of carboxylic acids is 1. The largest absolute Gasteiger partial charge is 0.545 e. The highest BCUT2D eigenvalue weighted by Crippen LogP contribution is 2.32. The smallest absolute Gasteiger partial charge is 0.416 e. The third-order valence-corrected chi connectivity index (χ3v) is 2.37. The van der Waals surface area contributed by atoms with Gasteiger partial charge in [0.15, 0.2) is 0 Å². The van der Waals surface area contributed by atoms with E-state index in [1.807, 2.05) is 0 Å². The second kappa shape index (κ2) is 5.20. The Balaban J connectivity index is 2.34. The zero-order valence-electron chi connectivity index (χ0n) is 9.85. The Hall–Kier alpha value is -2.57. The summed E-state index contributed by atoms with van der Waals surface area (Å²) in [5.74, 6) is -2.02. The lowest BCUT2D eigenvalue weighted by Gasteiger charge is -2.12. The van der Waals surface area contributed by atoms with Gasteiger partial charge in [0.1, 0.15) is 5.75 Å². The summed E-state index contributed by atoms with van der Waals surface area (Å²) in [7, 11) is 0. The van der Waals surface area contributed by atoms with Crippen LogP contribution in [-0.2, 0) is 6.18 Å². The number of halogens is 3. The highest BCUT2D eigenvalue weighted by molar-refractivity contribution is 5.88. The van der Waals surface area contributed by atoms with E-state index in [9.17, 15) is 23.1 Å². The van der Waals surface area contributed by atoms with Crippen molar-refractivity contribution in [3.8, 4) is 11.6 Å². The van der Waals surface area contributed by atoms with E-state index < -0.39 is 17.7 Å². The molecule has 0 saturated heterocycles. The van der Waals surface area contributed by atoms with Gasteiger partial charge in [-0.25, -0.2) is 4.98 Å². The van der Waals surface area contributed by atoms with Crippen molar-refractivity contribution < 1.29 is 27.8 Å². The topological polar surface area (TPSA) is 62.2 Å². The Morgan fingerprint density at radius 1 is 1.20 bits per heavy atom. The summed E-state index contributed by atoms with van der Waals surface area (Å²) in [5, 5.41) is 10.8. The second-order valence-corrected chi connectivity index (χ2v) is 3.77. The molecule has 1 aromatic carbocycles. The summed E-state index contributed by atoms with van der Waals surface area (Å²) in [6.07, 6.45) is -3.25. The predicted molar refractivity (Wildman–Crippen MR) is 60.1 cm³/mol. The second-order valence-electron chi connectivity index (χ2n) is 3.77. The summed E-state index contributed by atoms with van der Waals surface area (Å²) in [6, 6.07) is 6.59. The van der Waals surface area contributed by atoms with Crippen LogP contribution in [0.1, 0.15) is 15.9 Å². The molecule has 104 valence electrons. The molecule has 0 aliphatic carbocycles. The van der Waals surface area contributed by atoms with E-state index in [-0.39, 0.29) is 17.2 Å². The summed E-state index contributed by atoms with van der Waals surface area (Å²) in [6.45, 7) is 0. The molecule has 1 aromatic heterocycles. The molecule has 0 bridgehead atoms. The van der Waals surface area contributed by atoms with E-state index in [4.69, 9.17) is 4.74 Å². The quantitative estimate of drug-likeness (QED) is 0.866. The van der Waals surface area contributed by atoms with Gasteiger partial charge < -0.3 is 14.6 Å². The van der Waals surface area contributed by atoms with E-state index in [2.05, 4.69) is 4.98 Å². The standard InChI is InChI=1S/C13H8F3NO3/c14-13(15,16)8-3-1-4-9(7-8)20-11-10(12(18)19)5-2-6-17-11/h1-7H,(H,18,19)/p-1. The molecule has 0 radical (unpaired) electrons. The predicted octanol–water partition coefficient (Wildman–Crippen LogP) is 2.26. The van der Waals surface area contributed by atoms with Gasteiger partial charge in [0.2, 0.25) is 5.88 Å². The molecule has 0 amide bonds. The van der Waals surface area contributed by atoms with Crippen molar-refractivity contribution >= 4 is 5.97 Å². The number of ether oxygens (including phenoxy) is 1. The summed E-state index contributed by atoms with van der Waals surface area (Å²) in [4.78, 5) is 14.5. The molecule has 0 atom stereocenters. The number of aromatic carboxylic acids is 1. The number of carbonyl (C=O) groups excluding carboxylic acids is 1. The van der Waals surface area contributed by atoms with Gasteiger partial charge in [-0.3, -0.25) is 0 Å². The van der Waals surface area contributed by atoms with Gasteiger partial charge in [0, 0.05) is 6.20 Å². The highest BCUT2D eigenvalue weighted by atomic mass is 19.4. The maximum atomic E-state index is 12.5. The number of aromatic nitrogens is 1. The van der Waals surface area contributed by atoms with Crippen LogP contribution in [-0.4, -0.2) is 11.0 Å². The number of nitrogens with zero attached hydrogens (tertiary/aromatic N) is 1. The van der Waals surface area contributed by atoms with Crippen LogP contribution in [0.15, 0.2) is 42.6 Å². The van der Waals surface area contributed by atoms with E-state index in [1.54, 1.807) is 0 Å². The molecule has 0 N–H and O–H groups in total. The molecule has 20 heavy (non-hydrogen) atoms. The molecule has 0 aliphatic heterocycles. The van der Waals surface area contributed by atoms with Crippen molar-refractivity contribution in [2.75, 3.05) is 0 Å². The fourth-order valence-electron chi connectivity index (χ4n) is 1.48. The van der Waals surface area contributed by atoms with Crippen LogP contribution in [0.25, 0.3) is 0 Å². The molecule has 0 saturated carbocycles. The molecule has 0 aliphatic rings. The number of pyridine rings is 1. The Morgan fingerprint density at radius 3 is 2.60 bits per heavy atom. The van der Waals surface area contributed by atoms with E-state index in [0.717, 1.165) is 18.2 Å². The number of hydrogen-bond donors (Lipinski definition) is 0.